The highest BCUT2D eigenvalue weighted by Crippen LogP contribution is 2.33. The van der Waals surface area contributed by atoms with E-state index in [0.717, 1.165) is 18.2 Å². The van der Waals surface area contributed by atoms with E-state index in [9.17, 15) is 23.2 Å². The van der Waals surface area contributed by atoms with E-state index < -0.39 is 23.4 Å². The molecule has 0 saturated carbocycles. The van der Waals surface area contributed by atoms with Crippen LogP contribution in [0.25, 0.3) is 11.0 Å². The molecule has 0 aliphatic carbocycles. The first-order valence-corrected chi connectivity index (χ1v) is 9.18. The van der Waals surface area contributed by atoms with E-state index in [1.54, 1.807) is 12.1 Å². The molecule has 0 fully saturated rings. The second-order valence-electron chi connectivity index (χ2n) is 6.93. The summed E-state index contributed by atoms with van der Waals surface area (Å²) >= 11 is 6.05. The second-order valence-corrected chi connectivity index (χ2v) is 7.37. The minimum Gasteiger partial charge on any atom is -0.406 e. The lowest BCUT2D eigenvalue weighted by molar-refractivity contribution is -0.274. The highest BCUT2D eigenvalue weighted by Gasteiger charge is 2.35. The number of nitrogens with two attached hydrogens (primary N) is 2. The quantitative estimate of drug-likeness (QED) is 0.590. The summed E-state index contributed by atoms with van der Waals surface area (Å²) in [4.78, 5) is 13.1. The second kappa shape index (κ2) is 8.05. The number of amides is 1. The number of benzene rings is 2. The molecule has 0 aliphatic heterocycles. The van der Waals surface area contributed by atoms with E-state index in [-0.39, 0.29) is 24.2 Å². The summed E-state index contributed by atoms with van der Waals surface area (Å²) in [6.07, 6.45) is -4.95. The predicted octanol–water partition coefficient (Wildman–Crippen LogP) is 3.02. The molecule has 1 atom stereocenters. The number of hydrogen-bond acceptors (Lipinski definition) is 6. The third-order valence-electron chi connectivity index (χ3n) is 4.58. The number of carbonyl (C=O) groups excluding carboxylic acids is 1. The monoisotopic (exact) mass is 452 g/mol. The number of aromatic nitrogens is 3. The maximum atomic E-state index is 12.7. The van der Waals surface area contributed by atoms with Crippen LogP contribution in [-0.2, 0) is 18.5 Å². The third-order valence-corrected chi connectivity index (χ3v) is 4.80. The smallest absolute Gasteiger partial charge is 0.406 e. The molecule has 0 bridgehead atoms. The Kier molecular flexibility index (Phi) is 5.80. The molecular weight excluding hydrogens is 437 g/mol. The Morgan fingerprint density at radius 1 is 1.29 bits per heavy atom. The van der Waals surface area contributed by atoms with Crippen molar-refractivity contribution < 1.29 is 22.7 Å². The number of nitriles is 1. The third kappa shape index (κ3) is 4.70. The summed E-state index contributed by atoms with van der Waals surface area (Å²) in [5.41, 5.74) is 10.9. The average Bonchev–Trinajstić information content (AvgIpc) is 3.07. The Labute approximate surface area is 179 Å². The lowest BCUT2D eigenvalue weighted by Gasteiger charge is -2.24. The largest absolute Gasteiger partial charge is 0.573 e. The van der Waals surface area contributed by atoms with Crippen LogP contribution in [0.15, 0.2) is 30.3 Å². The van der Waals surface area contributed by atoms with Crippen LogP contribution in [0.3, 0.4) is 0 Å². The van der Waals surface area contributed by atoms with E-state index in [1.165, 1.54) is 11.7 Å². The Morgan fingerprint density at radius 2 is 2.00 bits per heavy atom. The number of primary amides is 1. The van der Waals surface area contributed by atoms with Gasteiger partial charge in [-0.25, -0.2) is 0 Å². The summed E-state index contributed by atoms with van der Waals surface area (Å²) < 4.78 is 41.9. The van der Waals surface area contributed by atoms with Crippen LogP contribution in [0.5, 0.6) is 5.75 Å². The Balaban J connectivity index is 2.09. The molecule has 12 heteroatoms. The molecule has 0 saturated heterocycles. The molecule has 0 aliphatic rings. The zero-order valence-electron chi connectivity index (χ0n) is 16.1. The molecule has 0 radical (unpaired) electrons. The molecule has 3 aromatic rings. The minimum absolute atomic E-state index is 0.0531. The Morgan fingerprint density at radius 3 is 2.58 bits per heavy atom. The molecule has 1 unspecified atom stereocenters. The van der Waals surface area contributed by atoms with Gasteiger partial charge in [0.05, 0.1) is 12.6 Å². The molecule has 31 heavy (non-hydrogen) atoms. The first kappa shape index (κ1) is 22.3. The van der Waals surface area contributed by atoms with Crippen LogP contribution in [0.1, 0.15) is 28.4 Å². The molecule has 2 aromatic carbocycles. The predicted molar refractivity (Wildman–Crippen MR) is 105 cm³/mol. The van der Waals surface area contributed by atoms with Crippen molar-refractivity contribution in [2.24, 2.45) is 11.5 Å². The Bertz CT molecular complexity index is 1200. The minimum atomic E-state index is -4.95. The van der Waals surface area contributed by atoms with Crippen LogP contribution in [0.2, 0.25) is 5.02 Å². The van der Waals surface area contributed by atoms with Gasteiger partial charge in [0.2, 0.25) is 5.91 Å². The van der Waals surface area contributed by atoms with Crippen molar-refractivity contribution >= 4 is 28.5 Å². The molecule has 4 N–H and O–H groups in total. The van der Waals surface area contributed by atoms with Crippen molar-refractivity contribution in [1.82, 2.24) is 15.0 Å². The maximum Gasteiger partial charge on any atom is 0.573 e. The zero-order chi connectivity index (χ0) is 23.0. The SMILES string of the molecule is CC(C#N)(Cn1nc2cc(Cl)cc(CN)c2n1)c1cc(OC(F)(F)F)ccc1C(N)=O. The summed E-state index contributed by atoms with van der Waals surface area (Å²) in [5.74, 6) is -1.50. The highest BCUT2D eigenvalue weighted by molar-refractivity contribution is 6.31. The number of hydrogen-bond donors (Lipinski definition) is 2. The zero-order valence-corrected chi connectivity index (χ0v) is 16.8. The molecule has 3 rings (SSSR count). The molecule has 1 aromatic heterocycles. The van der Waals surface area contributed by atoms with Crippen molar-refractivity contribution in [1.29, 1.82) is 5.26 Å². The van der Waals surface area contributed by atoms with Gasteiger partial charge in [0.1, 0.15) is 22.2 Å². The van der Waals surface area contributed by atoms with Crippen molar-refractivity contribution in [3.8, 4) is 11.8 Å². The van der Waals surface area contributed by atoms with Crippen LogP contribution < -0.4 is 16.2 Å². The normalized spacial score (nSPS) is 13.6. The van der Waals surface area contributed by atoms with Crippen LogP contribution in [0, 0.1) is 11.3 Å². The molecule has 162 valence electrons. The van der Waals surface area contributed by atoms with Gasteiger partial charge in [-0.05, 0) is 48.4 Å². The van der Waals surface area contributed by atoms with Gasteiger partial charge >= 0.3 is 6.36 Å². The topological polar surface area (TPSA) is 133 Å². The number of rotatable bonds is 6. The van der Waals surface area contributed by atoms with E-state index >= 15 is 0 Å². The van der Waals surface area contributed by atoms with Crippen molar-refractivity contribution in [2.45, 2.75) is 31.8 Å². The number of fused-ring (bicyclic) bond motifs is 1. The fraction of sp³-hybridized carbons (Fsp3) is 0.263. The summed E-state index contributed by atoms with van der Waals surface area (Å²) in [7, 11) is 0. The number of carbonyl (C=O) groups is 1. The van der Waals surface area contributed by atoms with Gasteiger partial charge < -0.3 is 16.2 Å². The molecule has 8 nitrogen and oxygen atoms in total. The van der Waals surface area contributed by atoms with Crippen LogP contribution >= 0.6 is 11.6 Å². The van der Waals surface area contributed by atoms with E-state index in [0.29, 0.717) is 21.6 Å². The standard InChI is InChI=1S/C19H16ClF3N6O2/c1-18(8-25,9-29-27-15-5-11(20)4-10(7-24)16(15)28-29)14-6-12(31-19(21,22)23)2-3-13(14)17(26)30/h2-6H,7,9,24H2,1H3,(H2,26,30). The molecule has 0 spiro atoms. The van der Waals surface area contributed by atoms with Crippen molar-refractivity contribution in [2.75, 3.05) is 0 Å². The number of ether oxygens (including phenoxy) is 1. The highest BCUT2D eigenvalue weighted by atomic mass is 35.5. The molecular formula is C19H16ClF3N6O2. The Hall–Kier alpha value is -3.36. The van der Waals surface area contributed by atoms with E-state index in [2.05, 4.69) is 14.9 Å². The summed E-state index contributed by atoms with van der Waals surface area (Å²) in [6, 6.07) is 8.20. The van der Waals surface area contributed by atoms with Gasteiger partial charge in [-0.3, -0.25) is 4.79 Å². The number of halogens is 4. The van der Waals surface area contributed by atoms with Gasteiger partial charge in [0.25, 0.3) is 0 Å². The number of alkyl halides is 3. The van der Waals surface area contributed by atoms with Crippen molar-refractivity contribution in [3.05, 3.63) is 52.0 Å². The summed E-state index contributed by atoms with van der Waals surface area (Å²) in [6.45, 7) is 1.38. The average molecular weight is 453 g/mol. The maximum absolute atomic E-state index is 12.7. The number of nitrogens with zero attached hydrogens (tertiary/aromatic N) is 4. The lowest BCUT2D eigenvalue weighted by atomic mass is 9.81. The van der Waals surface area contributed by atoms with Gasteiger partial charge in [-0.2, -0.15) is 20.3 Å². The van der Waals surface area contributed by atoms with Gasteiger partial charge in [-0.1, -0.05) is 11.6 Å². The van der Waals surface area contributed by atoms with Crippen LogP contribution in [0.4, 0.5) is 13.2 Å². The van der Waals surface area contributed by atoms with Gasteiger partial charge in [-0.15, -0.1) is 13.2 Å². The molecule has 1 heterocycles. The lowest BCUT2D eigenvalue weighted by Crippen LogP contribution is -2.31. The first-order valence-electron chi connectivity index (χ1n) is 8.80. The summed E-state index contributed by atoms with van der Waals surface area (Å²) in [5, 5.41) is 18.9. The van der Waals surface area contributed by atoms with Gasteiger partial charge in [0, 0.05) is 17.1 Å². The van der Waals surface area contributed by atoms with Gasteiger partial charge in [0.15, 0.2) is 0 Å². The van der Waals surface area contributed by atoms with E-state index in [4.69, 9.17) is 23.1 Å². The van der Waals surface area contributed by atoms with E-state index in [1.807, 2.05) is 6.07 Å². The van der Waals surface area contributed by atoms with Crippen LogP contribution in [-0.4, -0.2) is 27.3 Å². The van der Waals surface area contributed by atoms with Crippen molar-refractivity contribution in [3.63, 3.8) is 0 Å². The first-order chi connectivity index (χ1) is 14.5. The fourth-order valence-electron chi connectivity index (χ4n) is 3.18. The molecule has 1 amide bonds. The fourth-order valence-corrected chi connectivity index (χ4v) is 3.41.